The lowest BCUT2D eigenvalue weighted by Crippen LogP contribution is -2.26. The van der Waals surface area contributed by atoms with Crippen LogP contribution in [0.1, 0.15) is 23.7 Å². The maximum Gasteiger partial charge on any atom is 0.203 e. The van der Waals surface area contributed by atoms with Gasteiger partial charge in [0.2, 0.25) is 5.78 Å². The number of benzene rings is 2. The molecule has 0 saturated heterocycles. The summed E-state index contributed by atoms with van der Waals surface area (Å²) in [6.45, 7) is 1.87. The topological polar surface area (TPSA) is 26.3 Å². The molecule has 0 aliphatic carbocycles. The third-order valence-electron chi connectivity index (χ3n) is 2.80. The zero-order chi connectivity index (χ0) is 13.7. The number of ether oxygens (including phenoxy) is 1. The van der Waals surface area contributed by atoms with Crippen molar-refractivity contribution >= 4 is 5.78 Å². The fourth-order valence-corrected chi connectivity index (χ4v) is 1.82. The zero-order valence-corrected chi connectivity index (χ0v) is 10.7. The van der Waals surface area contributed by atoms with Crippen LogP contribution in [0.3, 0.4) is 0 Å². The number of halogens is 1. The summed E-state index contributed by atoms with van der Waals surface area (Å²) in [6, 6.07) is 14.8. The molecule has 0 bridgehead atoms. The van der Waals surface area contributed by atoms with Crippen molar-refractivity contribution in [3.05, 3.63) is 66.0 Å². The third-order valence-corrected chi connectivity index (χ3v) is 2.80. The second-order valence-electron chi connectivity index (χ2n) is 4.20. The number of carbonyl (C=O) groups is 1. The first-order valence-electron chi connectivity index (χ1n) is 6.22. The quantitative estimate of drug-likeness (QED) is 0.761. The van der Waals surface area contributed by atoms with Crippen LogP contribution >= 0.6 is 0 Å². The molecule has 98 valence electrons. The molecule has 1 atom stereocenters. The van der Waals surface area contributed by atoms with E-state index in [0.29, 0.717) is 17.7 Å². The average Bonchev–Trinajstić information content (AvgIpc) is 2.45. The Morgan fingerprint density at radius 3 is 2.53 bits per heavy atom. The molecule has 2 aromatic rings. The van der Waals surface area contributed by atoms with Gasteiger partial charge in [-0.05, 0) is 18.6 Å². The summed E-state index contributed by atoms with van der Waals surface area (Å²) < 4.78 is 18.7. The van der Waals surface area contributed by atoms with E-state index in [1.165, 1.54) is 12.1 Å². The van der Waals surface area contributed by atoms with E-state index >= 15 is 0 Å². The highest BCUT2D eigenvalue weighted by molar-refractivity contribution is 5.99. The van der Waals surface area contributed by atoms with E-state index in [9.17, 15) is 9.18 Å². The second-order valence-corrected chi connectivity index (χ2v) is 4.20. The number of Topliss-reactive ketones (excluding diaryl/α,β-unsaturated/α-hetero) is 1. The molecule has 0 aliphatic rings. The van der Waals surface area contributed by atoms with Gasteiger partial charge in [0, 0.05) is 11.6 Å². The van der Waals surface area contributed by atoms with Gasteiger partial charge in [-0.2, -0.15) is 0 Å². The van der Waals surface area contributed by atoms with Crippen LogP contribution in [-0.2, 0) is 0 Å². The molecule has 0 aliphatic heterocycles. The lowest BCUT2D eigenvalue weighted by Gasteiger charge is -2.16. The molecule has 0 spiro atoms. The summed E-state index contributed by atoms with van der Waals surface area (Å²) in [4.78, 5) is 12.2. The second kappa shape index (κ2) is 6.14. The Labute approximate surface area is 111 Å². The maximum absolute atomic E-state index is 13.1. The number of ketones is 1. The Balaban J connectivity index is 2.15. The van der Waals surface area contributed by atoms with E-state index in [2.05, 4.69) is 0 Å². The van der Waals surface area contributed by atoms with Gasteiger partial charge in [-0.1, -0.05) is 43.3 Å². The minimum Gasteiger partial charge on any atom is -0.482 e. The van der Waals surface area contributed by atoms with Gasteiger partial charge in [0.05, 0.1) is 0 Å². The van der Waals surface area contributed by atoms with Crippen molar-refractivity contribution in [3.63, 3.8) is 0 Å². The van der Waals surface area contributed by atoms with Gasteiger partial charge in [0.15, 0.2) is 6.10 Å². The van der Waals surface area contributed by atoms with Crippen LogP contribution in [-0.4, -0.2) is 11.9 Å². The highest BCUT2D eigenvalue weighted by Crippen LogP contribution is 2.17. The average molecular weight is 258 g/mol. The minimum absolute atomic E-state index is 0.0904. The maximum atomic E-state index is 13.1. The molecule has 19 heavy (non-hydrogen) atoms. The van der Waals surface area contributed by atoms with Gasteiger partial charge in [0.1, 0.15) is 11.6 Å². The van der Waals surface area contributed by atoms with Gasteiger partial charge in [-0.25, -0.2) is 4.39 Å². The molecule has 0 N–H and O–H groups in total. The van der Waals surface area contributed by atoms with Gasteiger partial charge in [0.25, 0.3) is 0 Å². The van der Waals surface area contributed by atoms with E-state index in [0.717, 1.165) is 0 Å². The Morgan fingerprint density at radius 1 is 1.16 bits per heavy atom. The Kier molecular flexibility index (Phi) is 4.29. The van der Waals surface area contributed by atoms with Crippen molar-refractivity contribution in [1.29, 1.82) is 0 Å². The smallest absolute Gasteiger partial charge is 0.203 e. The fourth-order valence-electron chi connectivity index (χ4n) is 1.82. The van der Waals surface area contributed by atoms with Crippen LogP contribution < -0.4 is 4.74 Å². The first-order valence-corrected chi connectivity index (χ1v) is 6.22. The van der Waals surface area contributed by atoms with Crippen LogP contribution in [0.2, 0.25) is 0 Å². The van der Waals surface area contributed by atoms with Crippen molar-refractivity contribution in [1.82, 2.24) is 0 Å². The van der Waals surface area contributed by atoms with Gasteiger partial charge < -0.3 is 4.74 Å². The standard InChI is InChI=1S/C16H15FO2/c1-2-15(16(18)12-7-4-3-5-8-12)19-14-10-6-9-13(17)11-14/h3-11,15H,2H2,1H3. The van der Waals surface area contributed by atoms with E-state index in [4.69, 9.17) is 4.74 Å². The Morgan fingerprint density at radius 2 is 1.89 bits per heavy atom. The Bertz CT molecular complexity index is 552. The SMILES string of the molecule is CCC(Oc1cccc(F)c1)C(=O)c1ccccc1. The number of rotatable bonds is 5. The van der Waals surface area contributed by atoms with Crippen LogP contribution in [0.4, 0.5) is 4.39 Å². The minimum atomic E-state index is -0.593. The normalized spacial score (nSPS) is 11.9. The molecule has 0 fully saturated rings. The van der Waals surface area contributed by atoms with Gasteiger partial charge >= 0.3 is 0 Å². The number of hydrogen-bond donors (Lipinski definition) is 0. The van der Waals surface area contributed by atoms with Crippen LogP contribution in [0.15, 0.2) is 54.6 Å². The number of carbonyl (C=O) groups excluding carboxylic acids is 1. The fraction of sp³-hybridized carbons (Fsp3) is 0.188. The first kappa shape index (κ1) is 13.3. The third kappa shape index (κ3) is 3.41. The highest BCUT2D eigenvalue weighted by atomic mass is 19.1. The predicted octanol–water partition coefficient (Wildman–Crippen LogP) is 3.87. The first-order chi connectivity index (χ1) is 9.20. The molecule has 0 saturated carbocycles. The van der Waals surface area contributed by atoms with E-state index in [1.54, 1.807) is 24.3 Å². The summed E-state index contributed by atoms with van der Waals surface area (Å²) in [5.74, 6) is -0.0944. The van der Waals surface area contributed by atoms with Crippen LogP contribution in [0.25, 0.3) is 0 Å². The van der Waals surface area contributed by atoms with Crippen LogP contribution in [0.5, 0.6) is 5.75 Å². The summed E-state index contributed by atoms with van der Waals surface area (Å²) in [6.07, 6.45) is -0.0613. The molecule has 2 nitrogen and oxygen atoms in total. The summed E-state index contributed by atoms with van der Waals surface area (Å²) in [5, 5.41) is 0. The van der Waals surface area contributed by atoms with E-state index in [-0.39, 0.29) is 11.6 Å². The molecule has 0 heterocycles. The molecule has 0 aromatic heterocycles. The highest BCUT2D eigenvalue weighted by Gasteiger charge is 2.19. The number of hydrogen-bond acceptors (Lipinski definition) is 2. The van der Waals surface area contributed by atoms with Crippen molar-refractivity contribution in [3.8, 4) is 5.75 Å². The monoisotopic (exact) mass is 258 g/mol. The van der Waals surface area contributed by atoms with Crippen LogP contribution in [0, 0.1) is 5.82 Å². The lowest BCUT2D eigenvalue weighted by atomic mass is 10.0. The molecular weight excluding hydrogens is 243 g/mol. The molecule has 2 aromatic carbocycles. The molecule has 3 heteroatoms. The molecular formula is C16H15FO2. The Hall–Kier alpha value is -2.16. The predicted molar refractivity (Wildman–Crippen MR) is 71.9 cm³/mol. The molecule has 2 rings (SSSR count). The van der Waals surface area contributed by atoms with Crippen molar-refractivity contribution in [2.24, 2.45) is 0 Å². The molecule has 0 amide bonds. The lowest BCUT2D eigenvalue weighted by molar-refractivity contribution is 0.0786. The molecule has 1 unspecified atom stereocenters. The van der Waals surface area contributed by atoms with E-state index < -0.39 is 6.10 Å². The van der Waals surface area contributed by atoms with Crippen molar-refractivity contribution < 1.29 is 13.9 Å². The summed E-state index contributed by atoms with van der Waals surface area (Å²) in [7, 11) is 0. The van der Waals surface area contributed by atoms with Crippen molar-refractivity contribution in [2.75, 3.05) is 0 Å². The molecule has 0 radical (unpaired) electrons. The van der Waals surface area contributed by atoms with Gasteiger partial charge in [-0.3, -0.25) is 4.79 Å². The van der Waals surface area contributed by atoms with E-state index in [1.807, 2.05) is 25.1 Å². The largest absolute Gasteiger partial charge is 0.482 e. The van der Waals surface area contributed by atoms with Crippen molar-refractivity contribution in [2.45, 2.75) is 19.4 Å². The zero-order valence-electron chi connectivity index (χ0n) is 10.7. The van der Waals surface area contributed by atoms with Gasteiger partial charge in [-0.15, -0.1) is 0 Å². The summed E-state index contributed by atoms with van der Waals surface area (Å²) >= 11 is 0. The summed E-state index contributed by atoms with van der Waals surface area (Å²) in [5.41, 5.74) is 0.603.